The molecule has 0 saturated heterocycles. The van der Waals surface area contributed by atoms with Crippen LogP contribution in [0.5, 0.6) is 5.88 Å². The molecule has 0 atom stereocenters. The van der Waals surface area contributed by atoms with Gasteiger partial charge in [0, 0.05) is 48.0 Å². The normalized spacial score (nSPS) is 11.3. The lowest BCUT2D eigenvalue weighted by atomic mass is 10.0. The van der Waals surface area contributed by atoms with Crippen molar-refractivity contribution in [3.63, 3.8) is 0 Å². The predicted molar refractivity (Wildman–Crippen MR) is 119 cm³/mol. The highest BCUT2D eigenvalue weighted by atomic mass is 32.2. The lowest BCUT2D eigenvalue weighted by Crippen LogP contribution is -2.08. The molecule has 0 aliphatic rings. The van der Waals surface area contributed by atoms with E-state index < -0.39 is 9.84 Å². The molecule has 2 aromatic heterocycles. The third kappa shape index (κ3) is 5.34. The van der Waals surface area contributed by atoms with Crippen molar-refractivity contribution in [1.29, 1.82) is 0 Å². The number of anilines is 1. The van der Waals surface area contributed by atoms with Gasteiger partial charge in [-0.2, -0.15) is 0 Å². The second-order valence-corrected chi connectivity index (χ2v) is 8.94. The van der Waals surface area contributed by atoms with Crippen LogP contribution in [0.25, 0.3) is 22.3 Å². The smallest absolute Gasteiger partial charge is 0.212 e. The molecule has 1 aromatic carbocycles. The summed E-state index contributed by atoms with van der Waals surface area (Å²) in [6, 6.07) is 12.6. The molecule has 0 bridgehead atoms. The van der Waals surface area contributed by atoms with Gasteiger partial charge in [-0.1, -0.05) is 12.1 Å². The summed E-state index contributed by atoms with van der Waals surface area (Å²) in [4.78, 5) is 9.22. The molecule has 0 saturated carbocycles. The van der Waals surface area contributed by atoms with Crippen LogP contribution in [0.3, 0.4) is 0 Å². The first-order chi connectivity index (χ1) is 14.4. The summed E-state index contributed by atoms with van der Waals surface area (Å²) in [5.41, 5.74) is 9.15. The van der Waals surface area contributed by atoms with E-state index in [1.165, 1.54) is 6.26 Å². The monoisotopic (exact) mass is 426 g/mol. The summed E-state index contributed by atoms with van der Waals surface area (Å²) >= 11 is 0. The molecule has 158 valence electrons. The Kier molecular flexibility index (Phi) is 7.02. The topological polar surface area (TPSA) is 107 Å². The minimum Gasteiger partial charge on any atom is -0.481 e. The average Bonchev–Trinajstić information content (AvgIpc) is 2.76. The van der Waals surface area contributed by atoms with Gasteiger partial charge in [0.15, 0.2) is 9.84 Å². The molecule has 3 N–H and O–H groups in total. The molecule has 2 heterocycles. The molecular weight excluding hydrogens is 400 g/mol. The summed E-state index contributed by atoms with van der Waals surface area (Å²) in [5.74, 6) is 1.30. The fraction of sp³-hybridized carbons (Fsp3) is 0.273. The first kappa shape index (κ1) is 21.7. The maximum absolute atomic E-state index is 11.7. The van der Waals surface area contributed by atoms with Gasteiger partial charge >= 0.3 is 0 Å². The predicted octanol–water partition coefficient (Wildman–Crippen LogP) is 3.37. The number of nitrogens with one attached hydrogen (secondary N) is 1. The Bertz CT molecular complexity index is 1080. The van der Waals surface area contributed by atoms with E-state index in [0.29, 0.717) is 12.4 Å². The zero-order valence-corrected chi connectivity index (χ0v) is 17.9. The number of ether oxygens (including phenoxy) is 1. The largest absolute Gasteiger partial charge is 0.481 e. The second kappa shape index (κ2) is 9.69. The molecule has 0 spiro atoms. The van der Waals surface area contributed by atoms with Gasteiger partial charge < -0.3 is 15.8 Å². The van der Waals surface area contributed by atoms with Crippen molar-refractivity contribution in [3.8, 4) is 28.1 Å². The molecule has 0 fully saturated rings. The zero-order valence-electron chi connectivity index (χ0n) is 17.1. The number of nitrogens with zero attached hydrogens (tertiary/aromatic N) is 2. The van der Waals surface area contributed by atoms with E-state index >= 15 is 0 Å². The lowest BCUT2D eigenvalue weighted by molar-refractivity contribution is 0.398. The van der Waals surface area contributed by atoms with E-state index in [-0.39, 0.29) is 4.90 Å². The standard InChI is InChI=1S/C22H26N4O3S/c1-29-21-10-7-17(14-25-21)20-13-18(15-26-22(20)24-12-4-3-11-23)16-5-8-19(9-6-16)30(2,27)28/h5-10,13-15H,3-4,11-12,23H2,1-2H3,(H,24,26). The highest BCUT2D eigenvalue weighted by molar-refractivity contribution is 7.90. The minimum atomic E-state index is -3.24. The Morgan fingerprint density at radius 3 is 2.27 bits per heavy atom. The van der Waals surface area contributed by atoms with Crippen LogP contribution in [0.2, 0.25) is 0 Å². The number of hydrogen-bond donors (Lipinski definition) is 2. The summed E-state index contributed by atoms with van der Waals surface area (Å²) < 4.78 is 28.6. The Morgan fingerprint density at radius 1 is 0.967 bits per heavy atom. The van der Waals surface area contributed by atoms with Crippen molar-refractivity contribution in [2.75, 3.05) is 31.8 Å². The number of pyridine rings is 2. The number of unbranched alkanes of at least 4 members (excludes halogenated alkanes) is 1. The molecule has 3 aromatic rings. The highest BCUT2D eigenvalue weighted by Gasteiger charge is 2.12. The van der Waals surface area contributed by atoms with Gasteiger partial charge in [0.05, 0.1) is 12.0 Å². The quantitative estimate of drug-likeness (QED) is 0.505. The molecule has 0 radical (unpaired) electrons. The van der Waals surface area contributed by atoms with Crippen LogP contribution in [0.1, 0.15) is 12.8 Å². The number of nitrogens with two attached hydrogens (primary N) is 1. The van der Waals surface area contributed by atoms with Crippen LogP contribution in [-0.4, -0.2) is 44.8 Å². The molecule has 0 unspecified atom stereocenters. The second-order valence-electron chi connectivity index (χ2n) is 6.93. The Morgan fingerprint density at radius 2 is 1.67 bits per heavy atom. The first-order valence-corrected chi connectivity index (χ1v) is 11.6. The average molecular weight is 427 g/mol. The van der Waals surface area contributed by atoms with Crippen LogP contribution in [0.4, 0.5) is 5.82 Å². The number of sulfone groups is 1. The van der Waals surface area contributed by atoms with Crippen molar-refractivity contribution < 1.29 is 13.2 Å². The summed E-state index contributed by atoms with van der Waals surface area (Å²) in [6.07, 6.45) is 6.62. The van der Waals surface area contributed by atoms with Gasteiger partial charge in [-0.15, -0.1) is 0 Å². The van der Waals surface area contributed by atoms with E-state index in [2.05, 4.69) is 15.3 Å². The SMILES string of the molecule is COc1ccc(-c2cc(-c3ccc(S(C)(=O)=O)cc3)cnc2NCCCCN)cn1. The van der Waals surface area contributed by atoms with E-state index in [4.69, 9.17) is 10.5 Å². The summed E-state index contributed by atoms with van der Waals surface area (Å²) in [7, 11) is -1.66. The maximum atomic E-state index is 11.7. The Labute approximate surface area is 177 Å². The van der Waals surface area contributed by atoms with E-state index in [9.17, 15) is 8.42 Å². The summed E-state index contributed by atoms with van der Waals surface area (Å²) in [5, 5.41) is 3.38. The molecule has 3 rings (SSSR count). The van der Waals surface area contributed by atoms with E-state index in [1.54, 1.807) is 49.8 Å². The molecule has 0 aliphatic heterocycles. The molecule has 7 nitrogen and oxygen atoms in total. The van der Waals surface area contributed by atoms with Crippen LogP contribution < -0.4 is 15.8 Å². The molecule has 30 heavy (non-hydrogen) atoms. The van der Waals surface area contributed by atoms with Crippen molar-refractivity contribution in [2.45, 2.75) is 17.7 Å². The van der Waals surface area contributed by atoms with Gasteiger partial charge in [0.1, 0.15) is 5.82 Å². The third-order valence-corrected chi connectivity index (χ3v) is 5.81. The van der Waals surface area contributed by atoms with E-state index in [0.717, 1.165) is 47.5 Å². The van der Waals surface area contributed by atoms with Crippen molar-refractivity contribution in [2.24, 2.45) is 5.73 Å². The van der Waals surface area contributed by atoms with Gasteiger partial charge in [0.2, 0.25) is 5.88 Å². The van der Waals surface area contributed by atoms with Gasteiger partial charge in [0.25, 0.3) is 0 Å². The maximum Gasteiger partial charge on any atom is 0.212 e. The molecular formula is C22H26N4O3S. The van der Waals surface area contributed by atoms with Crippen LogP contribution in [-0.2, 0) is 9.84 Å². The third-order valence-electron chi connectivity index (χ3n) is 4.68. The van der Waals surface area contributed by atoms with Gasteiger partial charge in [-0.05, 0) is 49.2 Å². The van der Waals surface area contributed by atoms with Crippen LogP contribution in [0, 0.1) is 0 Å². The van der Waals surface area contributed by atoms with Crippen molar-refractivity contribution in [3.05, 3.63) is 54.9 Å². The number of benzene rings is 1. The molecule has 0 amide bonds. The first-order valence-electron chi connectivity index (χ1n) is 9.67. The van der Waals surface area contributed by atoms with Crippen molar-refractivity contribution in [1.82, 2.24) is 9.97 Å². The number of hydrogen-bond acceptors (Lipinski definition) is 7. The number of rotatable bonds is 9. The Balaban J connectivity index is 1.97. The van der Waals surface area contributed by atoms with Gasteiger partial charge in [-0.3, -0.25) is 0 Å². The lowest BCUT2D eigenvalue weighted by Gasteiger charge is -2.13. The van der Waals surface area contributed by atoms with Crippen LogP contribution in [0.15, 0.2) is 59.8 Å². The minimum absolute atomic E-state index is 0.289. The van der Waals surface area contributed by atoms with Crippen molar-refractivity contribution >= 4 is 15.7 Å². The van der Waals surface area contributed by atoms with Crippen LogP contribution >= 0.6 is 0 Å². The summed E-state index contributed by atoms with van der Waals surface area (Å²) in [6.45, 7) is 1.43. The fourth-order valence-corrected chi connectivity index (χ4v) is 3.65. The molecule has 8 heteroatoms. The van der Waals surface area contributed by atoms with E-state index in [1.807, 2.05) is 12.1 Å². The van der Waals surface area contributed by atoms with Gasteiger partial charge in [-0.25, -0.2) is 18.4 Å². The highest BCUT2D eigenvalue weighted by Crippen LogP contribution is 2.32. The fourth-order valence-electron chi connectivity index (χ4n) is 3.01. The number of aromatic nitrogens is 2. The molecule has 0 aliphatic carbocycles. The Hall–Kier alpha value is -2.97. The number of methoxy groups -OCH3 is 1. The zero-order chi connectivity index (χ0) is 21.6.